The fourth-order valence-corrected chi connectivity index (χ4v) is 3.13. The van der Waals surface area contributed by atoms with E-state index in [0.717, 1.165) is 41.4 Å². The minimum absolute atomic E-state index is 0.487. The van der Waals surface area contributed by atoms with Gasteiger partial charge in [0.05, 0.1) is 18.2 Å². The zero-order valence-electron chi connectivity index (χ0n) is 13.6. The van der Waals surface area contributed by atoms with E-state index in [4.69, 9.17) is 15.5 Å². The summed E-state index contributed by atoms with van der Waals surface area (Å²) >= 11 is 0. The van der Waals surface area contributed by atoms with E-state index in [-0.39, 0.29) is 0 Å². The number of nitrogens with one attached hydrogen (secondary N) is 1. The molecule has 1 aliphatic rings. The van der Waals surface area contributed by atoms with Gasteiger partial charge in [-0.1, -0.05) is 0 Å². The van der Waals surface area contributed by atoms with Gasteiger partial charge in [0, 0.05) is 18.7 Å². The number of hydrogen-bond acceptors (Lipinski definition) is 6. The van der Waals surface area contributed by atoms with Crippen LogP contribution in [0.3, 0.4) is 0 Å². The number of nitrogens with zero attached hydrogens (tertiary/aromatic N) is 4. The number of benzene rings is 1. The molecule has 0 unspecified atom stereocenters. The molecule has 24 heavy (non-hydrogen) atoms. The van der Waals surface area contributed by atoms with Crippen molar-refractivity contribution in [3.05, 3.63) is 24.3 Å². The van der Waals surface area contributed by atoms with Crippen LogP contribution in [0.15, 0.2) is 24.3 Å². The number of methoxy groups -OCH3 is 1. The van der Waals surface area contributed by atoms with Gasteiger partial charge in [-0.15, -0.1) is 0 Å². The molecule has 0 saturated carbocycles. The van der Waals surface area contributed by atoms with Crippen LogP contribution >= 0.6 is 0 Å². The minimum atomic E-state index is 0.487. The Balaban J connectivity index is 1.85. The standard InChI is InChI=1S/C17H20N6O/c1-24-12-7-5-11(6-8-12)14-13-15(18)21-22-16(13)20-17(19-14)23-9-3-2-4-10-23/h5-8H,2-4,9-10H2,1H3,(H3,18,19,20,21,22). The van der Waals surface area contributed by atoms with Crippen LogP contribution in [0.25, 0.3) is 22.3 Å². The van der Waals surface area contributed by atoms with Gasteiger partial charge in [-0.3, -0.25) is 5.10 Å². The summed E-state index contributed by atoms with van der Waals surface area (Å²) in [6.07, 6.45) is 3.60. The molecule has 1 aromatic carbocycles. The summed E-state index contributed by atoms with van der Waals surface area (Å²) in [5, 5.41) is 7.83. The van der Waals surface area contributed by atoms with E-state index in [2.05, 4.69) is 20.1 Å². The van der Waals surface area contributed by atoms with Crippen molar-refractivity contribution in [3.8, 4) is 17.0 Å². The number of piperidine rings is 1. The maximum atomic E-state index is 6.06. The van der Waals surface area contributed by atoms with Gasteiger partial charge in [-0.25, -0.2) is 4.98 Å². The third-order valence-electron chi connectivity index (χ3n) is 4.43. The summed E-state index contributed by atoms with van der Waals surface area (Å²) in [4.78, 5) is 11.6. The highest BCUT2D eigenvalue weighted by atomic mass is 16.5. The van der Waals surface area contributed by atoms with Crippen molar-refractivity contribution < 1.29 is 4.74 Å². The normalized spacial score (nSPS) is 15.0. The molecule has 0 radical (unpaired) electrons. The molecular formula is C17H20N6O. The fourth-order valence-electron chi connectivity index (χ4n) is 3.13. The number of hydrogen-bond donors (Lipinski definition) is 2. The van der Waals surface area contributed by atoms with Crippen molar-refractivity contribution in [1.82, 2.24) is 20.2 Å². The second-order valence-corrected chi connectivity index (χ2v) is 5.98. The Morgan fingerprint density at radius 2 is 1.83 bits per heavy atom. The summed E-state index contributed by atoms with van der Waals surface area (Å²) < 4.78 is 5.24. The third-order valence-corrected chi connectivity index (χ3v) is 4.43. The first-order valence-electron chi connectivity index (χ1n) is 8.17. The van der Waals surface area contributed by atoms with Gasteiger partial charge in [-0.05, 0) is 43.5 Å². The first kappa shape index (κ1) is 14.7. The molecule has 1 fully saturated rings. The minimum Gasteiger partial charge on any atom is -0.497 e. The molecule has 0 bridgehead atoms. The highest BCUT2D eigenvalue weighted by Crippen LogP contribution is 2.32. The van der Waals surface area contributed by atoms with Gasteiger partial charge >= 0.3 is 0 Å². The van der Waals surface area contributed by atoms with Crippen LogP contribution in [0, 0.1) is 0 Å². The van der Waals surface area contributed by atoms with Crippen molar-refractivity contribution in [3.63, 3.8) is 0 Å². The van der Waals surface area contributed by atoms with E-state index in [1.165, 1.54) is 19.3 Å². The monoisotopic (exact) mass is 324 g/mol. The summed E-state index contributed by atoms with van der Waals surface area (Å²) in [6, 6.07) is 7.79. The number of ether oxygens (including phenoxy) is 1. The lowest BCUT2D eigenvalue weighted by Crippen LogP contribution is -2.31. The Hall–Kier alpha value is -2.83. The Bertz CT molecular complexity index is 851. The molecule has 1 aliphatic heterocycles. The van der Waals surface area contributed by atoms with Crippen LogP contribution in [-0.2, 0) is 0 Å². The van der Waals surface area contributed by atoms with Crippen molar-refractivity contribution in [2.75, 3.05) is 30.8 Å². The number of nitrogen functional groups attached to an aromatic ring is 1. The van der Waals surface area contributed by atoms with E-state index >= 15 is 0 Å². The zero-order chi connectivity index (χ0) is 16.5. The molecular weight excluding hydrogens is 304 g/mol. The molecule has 3 N–H and O–H groups in total. The Morgan fingerprint density at radius 1 is 1.08 bits per heavy atom. The summed E-state index contributed by atoms with van der Waals surface area (Å²) in [5.41, 5.74) is 8.44. The average molecular weight is 324 g/mol. The van der Waals surface area contributed by atoms with Crippen LogP contribution in [0.2, 0.25) is 0 Å². The Labute approximate surface area is 139 Å². The number of fused-ring (bicyclic) bond motifs is 1. The van der Waals surface area contributed by atoms with Crippen LogP contribution in [0.5, 0.6) is 5.75 Å². The fraction of sp³-hybridized carbons (Fsp3) is 0.353. The average Bonchev–Trinajstić information content (AvgIpc) is 3.03. The molecule has 0 spiro atoms. The number of rotatable bonds is 3. The van der Waals surface area contributed by atoms with Crippen LogP contribution in [0.4, 0.5) is 11.8 Å². The topological polar surface area (TPSA) is 93.0 Å². The molecule has 7 heteroatoms. The van der Waals surface area contributed by atoms with Crippen molar-refractivity contribution >= 4 is 22.8 Å². The largest absolute Gasteiger partial charge is 0.497 e. The number of aromatic nitrogens is 4. The van der Waals surface area contributed by atoms with E-state index < -0.39 is 0 Å². The van der Waals surface area contributed by atoms with Gasteiger partial charge < -0.3 is 15.4 Å². The summed E-state index contributed by atoms with van der Waals surface area (Å²) in [5.74, 6) is 2.01. The molecule has 4 rings (SSSR count). The molecule has 0 amide bonds. The lowest BCUT2D eigenvalue weighted by molar-refractivity contribution is 0.415. The Kier molecular flexibility index (Phi) is 3.68. The lowest BCUT2D eigenvalue weighted by atomic mass is 10.1. The summed E-state index contributed by atoms with van der Waals surface area (Å²) in [7, 11) is 1.65. The second kappa shape index (κ2) is 5.99. The number of nitrogens with two attached hydrogens (primary N) is 1. The molecule has 7 nitrogen and oxygen atoms in total. The highest BCUT2D eigenvalue weighted by molar-refractivity contribution is 5.98. The first-order chi connectivity index (χ1) is 11.8. The first-order valence-corrected chi connectivity index (χ1v) is 8.17. The van der Waals surface area contributed by atoms with E-state index in [1.807, 2.05) is 24.3 Å². The second-order valence-electron chi connectivity index (χ2n) is 5.98. The molecule has 124 valence electrons. The zero-order valence-corrected chi connectivity index (χ0v) is 13.6. The predicted octanol–water partition coefficient (Wildman–Crippen LogP) is 2.60. The van der Waals surface area contributed by atoms with E-state index in [9.17, 15) is 0 Å². The van der Waals surface area contributed by atoms with Crippen LogP contribution in [0.1, 0.15) is 19.3 Å². The molecule has 0 aliphatic carbocycles. The Morgan fingerprint density at radius 3 is 2.54 bits per heavy atom. The van der Waals surface area contributed by atoms with Crippen molar-refractivity contribution in [2.45, 2.75) is 19.3 Å². The van der Waals surface area contributed by atoms with Gasteiger partial charge in [0.1, 0.15) is 11.6 Å². The summed E-state index contributed by atoms with van der Waals surface area (Å²) in [6.45, 7) is 1.96. The van der Waals surface area contributed by atoms with E-state index in [0.29, 0.717) is 11.5 Å². The van der Waals surface area contributed by atoms with Gasteiger partial charge in [-0.2, -0.15) is 10.1 Å². The molecule has 0 atom stereocenters. The number of H-pyrrole nitrogens is 1. The predicted molar refractivity (Wildman–Crippen MR) is 94.1 cm³/mol. The van der Waals surface area contributed by atoms with Crippen LogP contribution in [-0.4, -0.2) is 40.4 Å². The van der Waals surface area contributed by atoms with Gasteiger partial charge in [0.15, 0.2) is 5.65 Å². The molecule has 2 aromatic heterocycles. The number of aromatic amines is 1. The third kappa shape index (κ3) is 2.51. The highest BCUT2D eigenvalue weighted by Gasteiger charge is 2.19. The van der Waals surface area contributed by atoms with Crippen LogP contribution < -0.4 is 15.4 Å². The quantitative estimate of drug-likeness (QED) is 0.769. The maximum Gasteiger partial charge on any atom is 0.228 e. The lowest BCUT2D eigenvalue weighted by Gasteiger charge is -2.26. The molecule has 3 aromatic rings. The van der Waals surface area contributed by atoms with Gasteiger partial charge in [0.2, 0.25) is 5.95 Å². The van der Waals surface area contributed by atoms with Crippen molar-refractivity contribution in [2.24, 2.45) is 0 Å². The molecule has 3 heterocycles. The SMILES string of the molecule is COc1ccc(-c2nc(N3CCCCC3)nc3n[nH]c(N)c23)cc1. The number of anilines is 2. The van der Waals surface area contributed by atoms with E-state index in [1.54, 1.807) is 7.11 Å². The smallest absolute Gasteiger partial charge is 0.228 e. The molecule has 1 saturated heterocycles. The van der Waals surface area contributed by atoms with Crippen molar-refractivity contribution in [1.29, 1.82) is 0 Å². The van der Waals surface area contributed by atoms with Gasteiger partial charge in [0.25, 0.3) is 0 Å². The maximum absolute atomic E-state index is 6.06.